The fourth-order valence-corrected chi connectivity index (χ4v) is 2.86. The van der Waals surface area contributed by atoms with E-state index in [1.165, 1.54) is 0 Å². The molecule has 0 aromatic carbocycles. The number of rotatable bonds is 2. The van der Waals surface area contributed by atoms with E-state index in [4.69, 9.17) is 0 Å². The molecule has 2 aliphatic carbocycles. The minimum absolute atomic E-state index is 0.0271. The lowest BCUT2D eigenvalue weighted by atomic mass is 9.72. The Balaban J connectivity index is 1.90. The second-order valence-corrected chi connectivity index (χ2v) is 6.13. The van der Waals surface area contributed by atoms with Crippen molar-refractivity contribution in [1.29, 1.82) is 0 Å². The second-order valence-electron chi connectivity index (χ2n) is 6.13. The minimum atomic E-state index is -2.60. The molecule has 20 heavy (non-hydrogen) atoms. The molecule has 0 unspecified atom stereocenters. The molecule has 0 aliphatic heterocycles. The van der Waals surface area contributed by atoms with Crippen LogP contribution in [-0.4, -0.2) is 16.7 Å². The third-order valence-electron chi connectivity index (χ3n) is 4.18. The van der Waals surface area contributed by atoms with Crippen LogP contribution in [0.4, 0.5) is 8.78 Å². The minimum Gasteiger partial charge on any atom is -0.294 e. The summed E-state index contributed by atoms with van der Waals surface area (Å²) in [5.41, 5.74) is 3.31. The first-order chi connectivity index (χ1) is 9.35. The van der Waals surface area contributed by atoms with Gasteiger partial charge in [0.05, 0.1) is 5.69 Å². The SMILES string of the molecule is CC(C)c1cnc2c(c1)CC(=O)C(C1CC(F)(F)C1)=C2. The summed E-state index contributed by atoms with van der Waals surface area (Å²) in [4.78, 5) is 16.5. The molecule has 0 N–H and O–H groups in total. The molecule has 1 heterocycles. The summed E-state index contributed by atoms with van der Waals surface area (Å²) < 4.78 is 25.9. The van der Waals surface area contributed by atoms with Crippen LogP contribution in [0, 0.1) is 5.92 Å². The van der Waals surface area contributed by atoms with Crippen LogP contribution in [0.1, 0.15) is 49.4 Å². The lowest BCUT2D eigenvalue weighted by molar-refractivity contribution is -0.121. The van der Waals surface area contributed by atoms with Crippen LogP contribution in [0.15, 0.2) is 17.8 Å². The van der Waals surface area contributed by atoms with Gasteiger partial charge in [-0.1, -0.05) is 19.9 Å². The average molecular weight is 277 g/mol. The Hall–Kier alpha value is -1.58. The van der Waals surface area contributed by atoms with Gasteiger partial charge in [-0.3, -0.25) is 9.78 Å². The van der Waals surface area contributed by atoms with Gasteiger partial charge in [-0.2, -0.15) is 0 Å². The van der Waals surface area contributed by atoms with Crippen molar-refractivity contribution in [3.05, 3.63) is 34.7 Å². The zero-order chi connectivity index (χ0) is 14.5. The van der Waals surface area contributed by atoms with E-state index in [1.807, 2.05) is 12.3 Å². The molecule has 0 radical (unpaired) electrons. The number of nitrogens with zero attached hydrogens (tertiary/aromatic N) is 1. The predicted molar refractivity (Wildman–Crippen MR) is 72.7 cm³/mol. The molecule has 0 atom stereocenters. The number of Topliss-reactive ketones (excluding diaryl/α,β-unsaturated/α-hetero) is 1. The Morgan fingerprint density at radius 2 is 2.05 bits per heavy atom. The highest BCUT2D eigenvalue weighted by molar-refractivity contribution is 6.03. The first-order valence-electron chi connectivity index (χ1n) is 6.97. The molecule has 2 nitrogen and oxygen atoms in total. The number of aromatic nitrogens is 1. The first-order valence-corrected chi connectivity index (χ1v) is 6.97. The van der Waals surface area contributed by atoms with Gasteiger partial charge in [-0.05, 0) is 29.0 Å². The van der Waals surface area contributed by atoms with Crippen molar-refractivity contribution in [1.82, 2.24) is 4.98 Å². The molecule has 0 amide bonds. The number of fused-ring (bicyclic) bond motifs is 1. The highest BCUT2D eigenvalue weighted by atomic mass is 19.3. The maximum Gasteiger partial charge on any atom is 0.249 e. The van der Waals surface area contributed by atoms with Crippen molar-refractivity contribution in [3.8, 4) is 0 Å². The lowest BCUT2D eigenvalue weighted by Crippen LogP contribution is -2.38. The van der Waals surface area contributed by atoms with E-state index in [0.717, 1.165) is 16.8 Å². The molecular weight excluding hydrogens is 260 g/mol. The highest BCUT2D eigenvalue weighted by Gasteiger charge is 2.48. The zero-order valence-corrected chi connectivity index (χ0v) is 11.6. The number of hydrogen-bond acceptors (Lipinski definition) is 2. The third-order valence-corrected chi connectivity index (χ3v) is 4.18. The number of ketones is 1. The van der Waals surface area contributed by atoms with Gasteiger partial charge in [-0.15, -0.1) is 0 Å². The molecule has 0 bridgehead atoms. The molecule has 3 rings (SSSR count). The predicted octanol–water partition coefficient (Wildman–Crippen LogP) is 3.76. The molecule has 1 aromatic heterocycles. The summed E-state index contributed by atoms with van der Waals surface area (Å²) in [6.07, 6.45) is 3.40. The maximum absolute atomic E-state index is 13.0. The van der Waals surface area contributed by atoms with Crippen molar-refractivity contribution < 1.29 is 13.6 Å². The molecule has 1 saturated carbocycles. The smallest absolute Gasteiger partial charge is 0.249 e. The average Bonchev–Trinajstić information content (AvgIpc) is 2.34. The van der Waals surface area contributed by atoms with E-state index >= 15 is 0 Å². The molecule has 1 aromatic rings. The zero-order valence-electron chi connectivity index (χ0n) is 11.6. The Morgan fingerprint density at radius 1 is 1.35 bits per heavy atom. The number of carbonyl (C=O) groups excluding carboxylic acids is 1. The van der Waals surface area contributed by atoms with Crippen LogP contribution in [0.3, 0.4) is 0 Å². The number of allylic oxidation sites excluding steroid dienone is 1. The highest BCUT2D eigenvalue weighted by Crippen LogP contribution is 2.47. The molecule has 106 valence electrons. The van der Waals surface area contributed by atoms with Gasteiger partial charge in [0.2, 0.25) is 5.92 Å². The largest absolute Gasteiger partial charge is 0.294 e. The fraction of sp³-hybridized carbons (Fsp3) is 0.500. The monoisotopic (exact) mass is 277 g/mol. The van der Waals surface area contributed by atoms with Gasteiger partial charge in [0.25, 0.3) is 0 Å². The number of alkyl halides is 2. The summed E-state index contributed by atoms with van der Waals surface area (Å²) >= 11 is 0. The Kier molecular flexibility index (Phi) is 3.00. The first kappa shape index (κ1) is 13.4. The second kappa shape index (κ2) is 4.47. The Morgan fingerprint density at radius 3 is 2.65 bits per heavy atom. The van der Waals surface area contributed by atoms with Crippen LogP contribution in [0.2, 0.25) is 0 Å². The van der Waals surface area contributed by atoms with E-state index in [0.29, 0.717) is 11.5 Å². The summed E-state index contributed by atoms with van der Waals surface area (Å²) in [7, 11) is 0. The van der Waals surface area contributed by atoms with E-state index in [2.05, 4.69) is 18.8 Å². The standard InChI is InChI=1S/C16H17F2NO/c1-9(2)11-3-10-4-15(20)13(5-14(10)19-8-11)12-6-16(17,18)7-12/h3,5,8-9,12H,4,6-7H2,1-2H3. The maximum atomic E-state index is 13.0. The van der Waals surface area contributed by atoms with E-state index in [1.54, 1.807) is 6.08 Å². The molecule has 0 spiro atoms. The summed E-state index contributed by atoms with van der Waals surface area (Å²) in [6.45, 7) is 4.15. The van der Waals surface area contributed by atoms with Gasteiger partial charge in [0, 0.05) is 31.0 Å². The molecule has 2 aliphatic rings. The lowest BCUT2D eigenvalue weighted by Gasteiger charge is -2.37. The Labute approximate surface area is 116 Å². The third kappa shape index (κ3) is 2.28. The summed E-state index contributed by atoms with van der Waals surface area (Å²) in [5.74, 6) is -2.56. The van der Waals surface area contributed by atoms with Gasteiger partial charge in [-0.25, -0.2) is 8.78 Å². The number of carbonyl (C=O) groups is 1. The number of hydrogen-bond donors (Lipinski definition) is 0. The van der Waals surface area contributed by atoms with Crippen molar-refractivity contribution >= 4 is 11.9 Å². The molecule has 1 fully saturated rings. The van der Waals surface area contributed by atoms with Crippen LogP contribution >= 0.6 is 0 Å². The fourth-order valence-electron chi connectivity index (χ4n) is 2.86. The van der Waals surface area contributed by atoms with Gasteiger partial charge < -0.3 is 0 Å². The Bertz CT molecular complexity index is 596. The number of halogens is 2. The van der Waals surface area contributed by atoms with Gasteiger partial charge in [0.1, 0.15) is 0 Å². The molecular formula is C16H17F2NO. The molecule has 0 saturated heterocycles. The number of pyridine rings is 1. The van der Waals surface area contributed by atoms with E-state index in [9.17, 15) is 13.6 Å². The van der Waals surface area contributed by atoms with Crippen molar-refractivity contribution in [3.63, 3.8) is 0 Å². The van der Waals surface area contributed by atoms with Crippen molar-refractivity contribution in [2.45, 2.75) is 45.0 Å². The summed E-state index contributed by atoms with van der Waals surface area (Å²) in [6, 6.07) is 2.01. The van der Waals surface area contributed by atoms with E-state index < -0.39 is 5.92 Å². The van der Waals surface area contributed by atoms with Gasteiger partial charge in [0.15, 0.2) is 5.78 Å². The quantitative estimate of drug-likeness (QED) is 0.824. The topological polar surface area (TPSA) is 30.0 Å². The van der Waals surface area contributed by atoms with Crippen LogP contribution < -0.4 is 0 Å². The van der Waals surface area contributed by atoms with Crippen molar-refractivity contribution in [2.24, 2.45) is 5.92 Å². The van der Waals surface area contributed by atoms with E-state index in [-0.39, 0.29) is 31.0 Å². The van der Waals surface area contributed by atoms with Crippen molar-refractivity contribution in [2.75, 3.05) is 0 Å². The van der Waals surface area contributed by atoms with Crippen LogP contribution in [0.25, 0.3) is 6.08 Å². The normalized spacial score (nSPS) is 21.4. The molecule has 4 heteroatoms. The van der Waals surface area contributed by atoms with Gasteiger partial charge >= 0.3 is 0 Å². The summed E-state index contributed by atoms with van der Waals surface area (Å²) in [5, 5.41) is 0. The van der Waals surface area contributed by atoms with Crippen LogP contribution in [0.5, 0.6) is 0 Å². The van der Waals surface area contributed by atoms with Crippen LogP contribution in [-0.2, 0) is 11.2 Å².